The molecule has 0 bridgehead atoms. The Labute approximate surface area is 252 Å². The van der Waals surface area contributed by atoms with Crippen LogP contribution in [0.15, 0.2) is 97.1 Å². The summed E-state index contributed by atoms with van der Waals surface area (Å²) >= 11 is 0. The number of nitrogens with zero attached hydrogens (tertiary/aromatic N) is 3. The van der Waals surface area contributed by atoms with Crippen molar-refractivity contribution < 1.29 is 22.8 Å². The maximum absolute atomic E-state index is 13.4. The van der Waals surface area contributed by atoms with Crippen LogP contribution in [-0.4, -0.2) is 27.9 Å². The number of carbonyl (C=O) groups excluding carboxylic acids is 2. The Kier molecular flexibility index (Phi) is 7.55. The summed E-state index contributed by atoms with van der Waals surface area (Å²) < 4.78 is 41.1. The number of alkyl halides is 3. The number of anilines is 2. The first-order chi connectivity index (χ1) is 21.1. The van der Waals surface area contributed by atoms with E-state index in [1.165, 1.54) is 12.1 Å². The van der Waals surface area contributed by atoms with Gasteiger partial charge in [-0.15, -0.1) is 0 Å². The lowest BCUT2D eigenvalue weighted by atomic mass is 9.98. The molecule has 1 N–H and O–H groups in total. The van der Waals surface area contributed by atoms with Crippen molar-refractivity contribution >= 4 is 23.2 Å². The number of nitrogens with one attached hydrogen (secondary N) is 1. The second kappa shape index (κ2) is 11.5. The molecule has 2 aromatic heterocycles. The Morgan fingerprint density at radius 1 is 0.864 bits per heavy atom. The van der Waals surface area contributed by atoms with Crippen LogP contribution in [0.5, 0.6) is 0 Å². The highest BCUT2D eigenvalue weighted by Crippen LogP contribution is 2.33. The Morgan fingerprint density at radius 2 is 1.59 bits per heavy atom. The number of rotatable bonds is 6. The molecule has 1 aliphatic heterocycles. The van der Waals surface area contributed by atoms with E-state index in [9.17, 15) is 22.8 Å². The zero-order valence-corrected chi connectivity index (χ0v) is 24.2. The van der Waals surface area contributed by atoms with Crippen molar-refractivity contribution in [1.29, 1.82) is 0 Å². The molecule has 0 unspecified atom stereocenters. The van der Waals surface area contributed by atoms with Gasteiger partial charge in [-0.05, 0) is 97.6 Å². The SMILES string of the molecule is Cc1ccc(C)n1-c1cccc(CC(=O)N2CCc3cc(NC(=O)c4ccccc4-c4ccc(C(F)(F)F)cc4)ccc32)n1. The molecule has 0 saturated heterocycles. The molecule has 0 radical (unpaired) electrons. The maximum atomic E-state index is 13.4. The zero-order valence-electron chi connectivity index (χ0n) is 24.2. The van der Waals surface area contributed by atoms with E-state index in [0.29, 0.717) is 41.0 Å². The number of hydrogen-bond donors (Lipinski definition) is 1. The average molecular weight is 595 g/mol. The third-order valence-corrected chi connectivity index (χ3v) is 7.85. The number of carbonyl (C=O) groups is 2. The topological polar surface area (TPSA) is 67.2 Å². The number of aromatic nitrogens is 2. The molecule has 9 heteroatoms. The fourth-order valence-electron chi connectivity index (χ4n) is 5.68. The molecule has 0 aliphatic carbocycles. The lowest BCUT2D eigenvalue weighted by Crippen LogP contribution is -2.30. The minimum Gasteiger partial charge on any atom is -0.322 e. The van der Waals surface area contributed by atoms with Crippen molar-refractivity contribution in [1.82, 2.24) is 9.55 Å². The molecule has 0 spiro atoms. The van der Waals surface area contributed by atoms with Gasteiger partial charge in [0.15, 0.2) is 0 Å². The Hall–Kier alpha value is -5.18. The van der Waals surface area contributed by atoms with Crippen LogP contribution in [0.25, 0.3) is 16.9 Å². The third-order valence-electron chi connectivity index (χ3n) is 7.85. The maximum Gasteiger partial charge on any atom is 0.416 e. The van der Waals surface area contributed by atoms with Crippen LogP contribution in [-0.2, 0) is 23.8 Å². The van der Waals surface area contributed by atoms with Gasteiger partial charge in [0.2, 0.25) is 5.91 Å². The van der Waals surface area contributed by atoms with Crippen LogP contribution >= 0.6 is 0 Å². The standard InChI is InChI=1S/C35H29F3N4O2/c1-22-10-11-23(2)42(22)32-9-5-6-27(39-32)21-33(43)41-19-18-25-20-28(16-17-31(25)41)40-34(44)30-8-4-3-7-29(30)24-12-14-26(15-13-24)35(36,37)38/h3-17,20H,18-19,21H2,1-2H3,(H,40,44). The molecule has 1 aliphatic rings. The fourth-order valence-corrected chi connectivity index (χ4v) is 5.68. The van der Waals surface area contributed by atoms with Crippen LogP contribution in [0, 0.1) is 13.8 Å². The van der Waals surface area contributed by atoms with Crippen LogP contribution < -0.4 is 10.2 Å². The van der Waals surface area contributed by atoms with Gasteiger partial charge in [0.1, 0.15) is 5.82 Å². The highest BCUT2D eigenvalue weighted by atomic mass is 19.4. The number of halogens is 3. The first kappa shape index (κ1) is 28.9. The highest BCUT2D eigenvalue weighted by Gasteiger charge is 2.30. The van der Waals surface area contributed by atoms with Crippen LogP contribution in [0.3, 0.4) is 0 Å². The number of pyridine rings is 1. The Bertz CT molecular complexity index is 1860. The number of amides is 2. The summed E-state index contributed by atoms with van der Waals surface area (Å²) in [5, 5.41) is 2.91. The smallest absolute Gasteiger partial charge is 0.322 e. The van der Waals surface area contributed by atoms with E-state index in [2.05, 4.69) is 9.88 Å². The van der Waals surface area contributed by atoms with Gasteiger partial charge in [0, 0.05) is 34.9 Å². The predicted molar refractivity (Wildman–Crippen MR) is 164 cm³/mol. The summed E-state index contributed by atoms with van der Waals surface area (Å²) in [6.45, 7) is 4.56. The van der Waals surface area contributed by atoms with E-state index >= 15 is 0 Å². The largest absolute Gasteiger partial charge is 0.416 e. The molecule has 0 fully saturated rings. The third kappa shape index (κ3) is 5.73. The molecule has 0 saturated carbocycles. The van der Waals surface area contributed by atoms with Crippen LogP contribution in [0.4, 0.5) is 24.5 Å². The number of aryl methyl sites for hydroxylation is 2. The minimum atomic E-state index is -4.44. The monoisotopic (exact) mass is 594 g/mol. The van der Waals surface area contributed by atoms with Gasteiger partial charge in [-0.1, -0.05) is 36.4 Å². The summed E-state index contributed by atoms with van der Waals surface area (Å²) in [5.41, 5.74) is 5.74. The van der Waals surface area contributed by atoms with Crippen molar-refractivity contribution in [3.63, 3.8) is 0 Å². The lowest BCUT2D eigenvalue weighted by Gasteiger charge is -2.18. The molecule has 2 amide bonds. The fraction of sp³-hybridized carbons (Fsp3) is 0.171. The summed E-state index contributed by atoms with van der Waals surface area (Å²) in [7, 11) is 0. The van der Waals surface area contributed by atoms with Gasteiger partial charge >= 0.3 is 6.18 Å². The predicted octanol–water partition coefficient (Wildman–Crippen LogP) is 7.56. The zero-order chi connectivity index (χ0) is 31.0. The van der Waals surface area contributed by atoms with Gasteiger partial charge < -0.3 is 14.8 Å². The molecule has 0 atom stereocenters. The van der Waals surface area contributed by atoms with Gasteiger partial charge in [-0.2, -0.15) is 13.2 Å². The highest BCUT2D eigenvalue weighted by molar-refractivity contribution is 6.09. The normalized spacial score (nSPS) is 12.7. The molecule has 6 rings (SSSR count). The molecule has 44 heavy (non-hydrogen) atoms. The van der Waals surface area contributed by atoms with Gasteiger partial charge in [-0.3, -0.25) is 9.59 Å². The minimum absolute atomic E-state index is 0.0587. The second-order valence-corrected chi connectivity index (χ2v) is 10.8. The van der Waals surface area contributed by atoms with E-state index in [4.69, 9.17) is 4.98 Å². The molecule has 3 heterocycles. The Balaban J connectivity index is 1.16. The van der Waals surface area contributed by atoms with E-state index in [1.807, 2.05) is 56.3 Å². The van der Waals surface area contributed by atoms with Gasteiger partial charge in [-0.25, -0.2) is 4.98 Å². The summed E-state index contributed by atoms with van der Waals surface area (Å²) in [6, 6.07) is 26.7. The van der Waals surface area contributed by atoms with Gasteiger partial charge in [0.25, 0.3) is 5.91 Å². The van der Waals surface area contributed by atoms with Crippen molar-refractivity contribution in [2.24, 2.45) is 0 Å². The number of fused-ring (bicyclic) bond motifs is 1. The molecule has 5 aromatic rings. The van der Waals surface area contributed by atoms with Crippen molar-refractivity contribution in [2.75, 3.05) is 16.8 Å². The van der Waals surface area contributed by atoms with E-state index in [0.717, 1.165) is 40.6 Å². The van der Waals surface area contributed by atoms with Crippen LogP contribution in [0.2, 0.25) is 0 Å². The lowest BCUT2D eigenvalue weighted by molar-refractivity contribution is -0.137. The molecular formula is C35H29F3N4O2. The van der Waals surface area contributed by atoms with Crippen molar-refractivity contribution in [3.8, 4) is 16.9 Å². The summed E-state index contributed by atoms with van der Waals surface area (Å²) in [4.78, 5) is 33.1. The van der Waals surface area contributed by atoms with E-state index in [-0.39, 0.29) is 18.2 Å². The first-order valence-corrected chi connectivity index (χ1v) is 14.2. The van der Waals surface area contributed by atoms with Gasteiger partial charge in [0.05, 0.1) is 17.7 Å². The van der Waals surface area contributed by atoms with Crippen LogP contribution in [0.1, 0.15) is 38.6 Å². The quantitative estimate of drug-likeness (QED) is 0.221. The average Bonchev–Trinajstić information content (AvgIpc) is 3.58. The Morgan fingerprint density at radius 3 is 2.32 bits per heavy atom. The number of benzene rings is 3. The first-order valence-electron chi connectivity index (χ1n) is 14.2. The molecular weight excluding hydrogens is 565 g/mol. The van der Waals surface area contributed by atoms with E-state index in [1.54, 1.807) is 35.2 Å². The molecule has 6 nitrogen and oxygen atoms in total. The second-order valence-electron chi connectivity index (χ2n) is 10.8. The summed E-state index contributed by atoms with van der Waals surface area (Å²) in [6.07, 6.45) is -3.64. The summed E-state index contributed by atoms with van der Waals surface area (Å²) in [5.74, 6) is 0.333. The molecule has 222 valence electrons. The van der Waals surface area contributed by atoms with Crippen molar-refractivity contribution in [3.05, 3.63) is 131 Å². The van der Waals surface area contributed by atoms with E-state index < -0.39 is 11.7 Å². The number of hydrogen-bond acceptors (Lipinski definition) is 3. The van der Waals surface area contributed by atoms with Crippen molar-refractivity contribution in [2.45, 2.75) is 32.9 Å². The molecule has 3 aromatic carbocycles.